The Labute approximate surface area is 155 Å². The summed E-state index contributed by atoms with van der Waals surface area (Å²) in [5.41, 5.74) is 0.743. The van der Waals surface area contributed by atoms with Crippen molar-refractivity contribution < 1.29 is 28.2 Å². The molecule has 0 bridgehead atoms. The van der Waals surface area contributed by atoms with Crippen LogP contribution in [0, 0.1) is 6.92 Å². The van der Waals surface area contributed by atoms with Crippen molar-refractivity contribution in [2.45, 2.75) is 6.92 Å². The molecular formula is C20H18O7. The Kier molecular flexibility index (Phi) is 5.30. The normalized spacial score (nSPS) is 10.5. The van der Waals surface area contributed by atoms with E-state index >= 15 is 0 Å². The van der Waals surface area contributed by atoms with Gasteiger partial charge in [0.05, 0.1) is 14.2 Å². The molecule has 27 heavy (non-hydrogen) atoms. The van der Waals surface area contributed by atoms with Gasteiger partial charge in [-0.25, -0.2) is 9.59 Å². The molecule has 2 aromatic carbocycles. The molecular weight excluding hydrogens is 352 g/mol. The Bertz CT molecular complexity index is 1010. The van der Waals surface area contributed by atoms with Crippen molar-refractivity contribution in [2.24, 2.45) is 0 Å². The highest BCUT2D eigenvalue weighted by atomic mass is 16.6. The monoisotopic (exact) mass is 370 g/mol. The van der Waals surface area contributed by atoms with Gasteiger partial charge in [-0.15, -0.1) is 0 Å². The van der Waals surface area contributed by atoms with Crippen LogP contribution < -0.4 is 24.6 Å². The number of rotatable bonds is 6. The molecule has 3 rings (SSSR count). The van der Waals surface area contributed by atoms with Crippen molar-refractivity contribution in [1.29, 1.82) is 0 Å². The summed E-state index contributed by atoms with van der Waals surface area (Å²) in [5, 5.41) is 0.795. The quantitative estimate of drug-likeness (QED) is 0.374. The van der Waals surface area contributed by atoms with Gasteiger partial charge in [0.1, 0.15) is 11.3 Å². The van der Waals surface area contributed by atoms with E-state index in [9.17, 15) is 9.59 Å². The molecule has 1 heterocycles. The van der Waals surface area contributed by atoms with Gasteiger partial charge in [0.2, 0.25) is 5.75 Å². The van der Waals surface area contributed by atoms with Crippen LogP contribution in [0.25, 0.3) is 11.0 Å². The lowest BCUT2D eigenvalue weighted by molar-refractivity contribution is -0.136. The second-order valence-electron chi connectivity index (χ2n) is 5.66. The third-order valence-corrected chi connectivity index (χ3v) is 3.88. The second-order valence-corrected chi connectivity index (χ2v) is 5.66. The van der Waals surface area contributed by atoms with Gasteiger partial charge in [0.25, 0.3) is 0 Å². The van der Waals surface area contributed by atoms with Crippen LogP contribution in [0.1, 0.15) is 5.56 Å². The zero-order valence-corrected chi connectivity index (χ0v) is 15.1. The smallest absolute Gasteiger partial charge is 0.349 e. The van der Waals surface area contributed by atoms with Gasteiger partial charge in [0, 0.05) is 17.5 Å². The number of ether oxygens (including phenoxy) is 4. The summed E-state index contributed by atoms with van der Waals surface area (Å²) < 4.78 is 26.3. The molecule has 0 spiro atoms. The highest BCUT2D eigenvalue weighted by Gasteiger charge is 2.16. The van der Waals surface area contributed by atoms with Crippen molar-refractivity contribution in [3.05, 3.63) is 58.4 Å². The molecule has 7 heteroatoms. The fourth-order valence-electron chi connectivity index (χ4n) is 2.60. The largest absolute Gasteiger partial charge is 0.493 e. The third-order valence-electron chi connectivity index (χ3n) is 3.88. The van der Waals surface area contributed by atoms with Gasteiger partial charge < -0.3 is 23.4 Å². The van der Waals surface area contributed by atoms with Crippen molar-refractivity contribution in [3.63, 3.8) is 0 Å². The van der Waals surface area contributed by atoms with E-state index in [4.69, 9.17) is 23.4 Å². The number of benzene rings is 2. The van der Waals surface area contributed by atoms with Crippen molar-refractivity contribution in [2.75, 3.05) is 20.8 Å². The Morgan fingerprint density at radius 3 is 2.41 bits per heavy atom. The molecule has 3 aromatic rings. The van der Waals surface area contributed by atoms with Crippen LogP contribution in [-0.2, 0) is 4.79 Å². The molecule has 0 saturated heterocycles. The summed E-state index contributed by atoms with van der Waals surface area (Å²) in [5.74, 6) is 0.649. The topological polar surface area (TPSA) is 84.2 Å². The number of hydrogen-bond acceptors (Lipinski definition) is 7. The average molecular weight is 370 g/mol. The zero-order chi connectivity index (χ0) is 19.4. The lowest BCUT2D eigenvalue weighted by Gasteiger charge is -2.13. The molecule has 0 amide bonds. The Morgan fingerprint density at radius 1 is 1.04 bits per heavy atom. The molecule has 140 valence electrons. The van der Waals surface area contributed by atoms with E-state index in [0.29, 0.717) is 22.8 Å². The molecule has 0 fully saturated rings. The van der Waals surface area contributed by atoms with Gasteiger partial charge in [0.15, 0.2) is 18.1 Å². The molecule has 0 aliphatic carbocycles. The van der Waals surface area contributed by atoms with E-state index < -0.39 is 11.6 Å². The zero-order valence-electron chi connectivity index (χ0n) is 15.1. The van der Waals surface area contributed by atoms with E-state index in [2.05, 4.69) is 0 Å². The molecule has 0 unspecified atom stereocenters. The molecule has 0 aliphatic rings. The van der Waals surface area contributed by atoms with Gasteiger partial charge in [-0.05, 0) is 36.8 Å². The summed E-state index contributed by atoms with van der Waals surface area (Å²) in [6.07, 6.45) is 0. The minimum atomic E-state index is -0.636. The lowest BCUT2D eigenvalue weighted by Crippen LogP contribution is -2.18. The number of esters is 1. The van der Waals surface area contributed by atoms with Crippen LogP contribution in [-0.4, -0.2) is 26.8 Å². The van der Waals surface area contributed by atoms with E-state index in [1.54, 1.807) is 36.4 Å². The number of para-hydroxylation sites is 1. The van der Waals surface area contributed by atoms with E-state index in [-0.39, 0.29) is 12.4 Å². The first-order valence-electron chi connectivity index (χ1n) is 8.11. The SMILES string of the molecule is COc1cccc(OC)c1OC(=O)COc1ccc2c(C)cc(=O)oc2c1. The number of fused-ring (bicyclic) bond motifs is 1. The summed E-state index contributed by atoms with van der Waals surface area (Å²) in [4.78, 5) is 23.7. The maximum absolute atomic E-state index is 12.2. The van der Waals surface area contributed by atoms with Crippen LogP contribution in [0.5, 0.6) is 23.0 Å². The molecule has 0 N–H and O–H groups in total. The number of carbonyl (C=O) groups is 1. The van der Waals surface area contributed by atoms with Crippen LogP contribution in [0.2, 0.25) is 0 Å². The molecule has 0 aliphatic heterocycles. The highest BCUT2D eigenvalue weighted by molar-refractivity contribution is 5.81. The first kappa shape index (κ1) is 18.3. The molecule has 0 saturated carbocycles. The van der Waals surface area contributed by atoms with Gasteiger partial charge in [-0.1, -0.05) is 6.07 Å². The first-order chi connectivity index (χ1) is 13.0. The van der Waals surface area contributed by atoms with Crippen molar-refractivity contribution >= 4 is 16.9 Å². The summed E-state index contributed by atoms with van der Waals surface area (Å²) in [6, 6.07) is 11.4. The van der Waals surface area contributed by atoms with E-state index in [1.165, 1.54) is 20.3 Å². The van der Waals surface area contributed by atoms with Crippen molar-refractivity contribution in [1.82, 2.24) is 0 Å². The van der Waals surface area contributed by atoms with Crippen LogP contribution in [0.4, 0.5) is 0 Å². The van der Waals surface area contributed by atoms with Crippen LogP contribution in [0.3, 0.4) is 0 Å². The summed E-state index contributed by atoms with van der Waals surface area (Å²) >= 11 is 0. The Hall–Kier alpha value is -3.48. The Morgan fingerprint density at radius 2 is 1.74 bits per heavy atom. The fourth-order valence-corrected chi connectivity index (χ4v) is 2.60. The van der Waals surface area contributed by atoms with Crippen molar-refractivity contribution in [3.8, 4) is 23.0 Å². The third kappa shape index (κ3) is 4.03. The molecule has 0 atom stereocenters. The predicted molar refractivity (Wildman–Crippen MR) is 97.9 cm³/mol. The average Bonchev–Trinajstić information content (AvgIpc) is 2.66. The maximum atomic E-state index is 12.2. The van der Waals surface area contributed by atoms with Gasteiger partial charge in [-0.3, -0.25) is 0 Å². The standard InChI is InChI=1S/C20H18O7/c1-12-9-18(21)26-17-10-13(7-8-14(12)17)25-11-19(22)27-20-15(23-2)5-4-6-16(20)24-3/h4-10H,11H2,1-3H3. The molecule has 1 aromatic heterocycles. The second kappa shape index (κ2) is 7.82. The van der Waals surface area contributed by atoms with E-state index in [1.807, 2.05) is 6.92 Å². The minimum Gasteiger partial charge on any atom is -0.493 e. The lowest BCUT2D eigenvalue weighted by atomic mass is 10.1. The van der Waals surface area contributed by atoms with Crippen LogP contribution in [0.15, 0.2) is 51.7 Å². The Balaban J connectivity index is 1.73. The number of carbonyl (C=O) groups excluding carboxylic acids is 1. The maximum Gasteiger partial charge on any atom is 0.349 e. The predicted octanol–water partition coefficient (Wildman–Crippen LogP) is 3.10. The highest BCUT2D eigenvalue weighted by Crippen LogP contribution is 2.36. The number of aryl methyl sites for hydroxylation is 1. The van der Waals surface area contributed by atoms with E-state index in [0.717, 1.165) is 10.9 Å². The van der Waals surface area contributed by atoms with Gasteiger partial charge >= 0.3 is 11.6 Å². The summed E-state index contributed by atoms with van der Waals surface area (Å²) in [6.45, 7) is 1.47. The van der Waals surface area contributed by atoms with Gasteiger partial charge in [-0.2, -0.15) is 0 Å². The number of hydrogen-bond donors (Lipinski definition) is 0. The first-order valence-corrected chi connectivity index (χ1v) is 8.11. The fraction of sp³-hybridized carbons (Fsp3) is 0.200. The molecule has 0 radical (unpaired) electrons. The minimum absolute atomic E-state index is 0.177. The summed E-state index contributed by atoms with van der Waals surface area (Å²) in [7, 11) is 2.93. The number of methoxy groups -OCH3 is 2. The van der Waals surface area contributed by atoms with Crippen LogP contribution >= 0.6 is 0 Å². The molecule has 7 nitrogen and oxygen atoms in total.